The largest absolute Gasteiger partial charge is 0.453 e. The van der Waals surface area contributed by atoms with E-state index in [1.54, 1.807) is 11.1 Å². The van der Waals surface area contributed by atoms with E-state index in [-0.39, 0.29) is 29.8 Å². The van der Waals surface area contributed by atoms with Gasteiger partial charge < -0.3 is 44.6 Å². The van der Waals surface area contributed by atoms with Gasteiger partial charge in [-0.2, -0.15) is 0 Å². The molecular weight excluding hydrogens is 815 g/mol. The number of pyridine rings is 1. The van der Waals surface area contributed by atoms with Gasteiger partial charge in [0.2, 0.25) is 5.91 Å². The number of amides is 4. The molecule has 16 nitrogen and oxygen atoms in total. The minimum atomic E-state index is -0.894. The quantitative estimate of drug-likeness (QED) is 0.103. The highest BCUT2D eigenvalue weighted by atomic mass is 16.5. The molecule has 3 saturated heterocycles. The van der Waals surface area contributed by atoms with Gasteiger partial charge in [-0.1, -0.05) is 60.7 Å². The van der Waals surface area contributed by atoms with Crippen LogP contribution in [0, 0.1) is 5.92 Å². The van der Waals surface area contributed by atoms with Crippen LogP contribution in [0.25, 0.3) is 44.5 Å². The number of ether oxygens (including phenoxy) is 3. The molecule has 0 bridgehead atoms. The van der Waals surface area contributed by atoms with E-state index in [2.05, 4.69) is 62.0 Å². The Bertz CT molecular complexity index is 2620. The molecule has 6 heterocycles. The maximum absolute atomic E-state index is 14.0. The molecule has 4 atom stereocenters. The normalized spacial score (nSPS) is 18.7. The third kappa shape index (κ3) is 8.78. The first kappa shape index (κ1) is 42.2. The van der Waals surface area contributed by atoms with E-state index >= 15 is 0 Å². The van der Waals surface area contributed by atoms with E-state index in [0.717, 1.165) is 76.1 Å². The first-order valence-corrected chi connectivity index (χ1v) is 21.8. The van der Waals surface area contributed by atoms with E-state index < -0.39 is 24.3 Å². The lowest BCUT2D eigenvalue weighted by atomic mass is 9.90. The van der Waals surface area contributed by atoms with Crippen molar-refractivity contribution in [3.63, 3.8) is 0 Å². The fraction of sp³-hybridized carbons (Fsp3) is 0.354. The molecule has 9 rings (SSSR count). The van der Waals surface area contributed by atoms with Crippen molar-refractivity contribution in [1.82, 2.24) is 45.4 Å². The molecule has 4 N–H and O–H groups in total. The van der Waals surface area contributed by atoms with Crippen LogP contribution in [0.1, 0.15) is 73.9 Å². The van der Waals surface area contributed by atoms with E-state index in [9.17, 15) is 19.2 Å². The number of aromatic amines is 2. The Morgan fingerprint density at radius 1 is 0.656 bits per heavy atom. The second kappa shape index (κ2) is 18.7. The van der Waals surface area contributed by atoms with Crippen LogP contribution in [0.3, 0.4) is 0 Å². The Hall–Kier alpha value is -7.07. The van der Waals surface area contributed by atoms with Crippen molar-refractivity contribution >= 4 is 34.8 Å². The van der Waals surface area contributed by atoms with Gasteiger partial charge in [-0.3, -0.25) is 14.6 Å². The van der Waals surface area contributed by atoms with Gasteiger partial charge in [0, 0.05) is 43.6 Å². The maximum atomic E-state index is 14.0. The second-order valence-electron chi connectivity index (χ2n) is 16.5. The van der Waals surface area contributed by atoms with Crippen molar-refractivity contribution in [3.05, 3.63) is 115 Å². The molecular formula is C48H51N9O7. The number of rotatable bonds is 11. The molecule has 3 aromatic heterocycles. The molecule has 0 spiro atoms. The van der Waals surface area contributed by atoms with Gasteiger partial charge in [0.25, 0.3) is 5.91 Å². The lowest BCUT2D eigenvalue weighted by molar-refractivity contribution is -0.137. The zero-order valence-corrected chi connectivity index (χ0v) is 35.8. The predicted molar refractivity (Wildman–Crippen MR) is 237 cm³/mol. The van der Waals surface area contributed by atoms with Gasteiger partial charge in [-0.15, -0.1) is 0 Å². The number of imidazole rings is 2. The van der Waals surface area contributed by atoms with Crippen molar-refractivity contribution in [2.24, 2.45) is 5.92 Å². The summed E-state index contributed by atoms with van der Waals surface area (Å²) in [5.41, 5.74) is 5.95. The number of nitrogens with one attached hydrogen (secondary N) is 4. The van der Waals surface area contributed by atoms with Crippen LogP contribution in [0.15, 0.2) is 97.5 Å². The van der Waals surface area contributed by atoms with Crippen LogP contribution < -0.4 is 10.6 Å². The zero-order valence-electron chi connectivity index (χ0n) is 35.8. The Balaban J connectivity index is 0.868. The molecule has 330 valence electrons. The summed E-state index contributed by atoms with van der Waals surface area (Å²) in [5.74, 6) is 1.01. The fourth-order valence-corrected chi connectivity index (χ4v) is 9.31. The number of hydrogen-bond acceptors (Lipinski definition) is 10. The Morgan fingerprint density at radius 2 is 1.25 bits per heavy atom. The van der Waals surface area contributed by atoms with Crippen LogP contribution in [0.5, 0.6) is 0 Å². The topological polar surface area (TPSA) is 197 Å². The predicted octanol–water partition coefficient (Wildman–Crippen LogP) is 7.26. The third-order valence-corrected chi connectivity index (χ3v) is 12.7. The molecule has 3 aliphatic heterocycles. The number of carbonyl (C=O) groups excluding carboxylic acids is 4. The number of alkyl carbamates (subject to hydrolysis) is 2. The number of H-pyrrole nitrogens is 2. The van der Waals surface area contributed by atoms with Crippen molar-refractivity contribution in [1.29, 1.82) is 0 Å². The Morgan fingerprint density at radius 3 is 1.91 bits per heavy atom. The highest BCUT2D eigenvalue weighted by Gasteiger charge is 2.40. The molecule has 3 fully saturated rings. The molecule has 3 aromatic carbocycles. The number of carbonyl (C=O) groups is 4. The molecule has 0 aliphatic carbocycles. The SMILES string of the molecule is COC(=O)N[C@H](C(=O)N1CCC[C@H]1c1ncc(-c2ccc3cc(-c4ccc(-c5cnc([C@@H]6CCCN6C(=O)[C@H](NC(=O)OC)c6ccccc6)[nH]5)nc4)ccc3c2)[nH]1)C1CCOCC1. The number of fused-ring (bicyclic) bond motifs is 1. The minimum Gasteiger partial charge on any atom is -0.453 e. The van der Waals surface area contributed by atoms with Crippen molar-refractivity contribution in [3.8, 4) is 33.8 Å². The van der Waals surface area contributed by atoms with E-state index in [1.807, 2.05) is 59.8 Å². The summed E-state index contributed by atoms with van der Waals surface area (Å²) < 4.78 is 15.2. The number of benzene rings is 3. The fourth-order valence-electron chi connectivity index (χ4n) is 9.31. The van der Waals surface area contributed by atoms with Gasteiger partial charge >= 0.3 is 12.2 Å². The molecule has 16 heteroatoms. The summed E-state index contributed by atoms with van der Waals surface area (Å²) in [6.07, 6.45) is 8.64. The van der Waals surface area contributed by atoms with Gasteiger partial charge in [0.1, 0.15) is 23.7 Å². The standard InChI is InChI=1S/C48H51N9O7/c1-62-47(60)54-41(29-8-4-3-5-9-29)45(58)57-21-7-11-40(57)44-51-28-38(53-44)36-17-16-35(26-49-36)33-13-12-32-25-34(15-14-31(32)24-33)37-27-50-43(52-37)39-10-6-20-56(39)46(59)42(55-48(61)63-2)30-18-22-64-23-19-30/h3-5,8-9,12-17,24-28,30,39-42H,6-7,10-11,18-23H2,1-2H3,(H,50,52)(H,51,53)(H,54,60)(H,55,61)/t39-,40-,41+,42-/m0/s1. The van der Waals surface area contributed by atoms with Gasteiger partial charge in [0.15, 0.2) is 0 Å². The average molecular weight is 866 g/mol. The smallest absolute Gasteiger partial charge is 0.407 e. The number of methoxy groups -OCH3 is 2. The summed E-state index contributed by atoms with van der Waals surface area (Å²) >= 11 is 0. The molecule has 64 heavy (non-hydrogen) atoms. The van der Waals surface area contributed by atoms with Crippen molar-refractivity contribution in [2.75, 3.05) is 40.5 Å². The number of likely N-dealkylation sites (tertiary alicyclic amines) is 2. The highest BCUT2D eigenvalue weighted by Crippen LogP contribution is 2.36. The van der Waals surface area contributed by atoms with Crippen LogP contribution in [0.2, 0.25) is 0 Å². The molecule has 4 amide bonds. The summed E-state index contributed by atoms with van der Waals surface area (Å²) in [6, 6.07) is 23.6. The lowest BCUT2D eigenvalue weighted by Gasteiger charge is -2.34. The second-order valence-corrected chi connectivity index (χ2v) is 16.5. The Labute approximate surface area is 370 Å². The lowest BCUT2D eigenvalue weighted by Crippen LogP contribution is -2.53. The van der Waals surface area contributed by atoms with Crippen molar-refractivity contribution in [2.45, 2.75) is 62.7 Å². The zero-order chi connectivity index (χ0) is 44.2. The van der Waals surface area contributed by atoms with Crippen LogP contribution >= 0.6 is 0 Å². The summed E-state index contributed by atoms with van der Waals surface area (Å²) in [6.45, 7) is 2.23. The summed E-state index contributed by atoms with van der Waals surface area (Å²) in [4.78, 5) is 77.2. The minimum absolute atomic E-state index is 0.0339. The number of hydrogen-bond donors (Lipinski definition) is 4. The first-order chi connectivity index (χ1) is 31.3. The van der Waals surface area contributed by atoms with Gasteiger partial charge in [0.05, 0.1) is 55.8 Å². The average Bonchev–Trinajstić information content (AvgIpc) is 4.20. The summed E-state index contributed by atoms with van der Waals surface area (Å²) in [7, 11) is 2.58. The van der Waals surface area contributed by atoms with Crippen LogP contribution in [-0.4, -0.2) is 105 Å². The molecule has 6 aromatic rings. The highest BCUT2D eigenvalue weighted by molar-refractivity contribution is 5.91. The number of nitrogens with zero attached hydrogens (tertiary/aromatic N) is 5. The molecule has 3 aliphatic rings. The number of aromatic nitrogens is 5. The monoisotopic (exact) mass is 865 g/mol. The van der Waals surface area contributed by atoms with E-state index in [4.69, 9.17) is 24.2 Å². The Kier molecular flexibility index (Phi) is 12.4. The van der Waals surface area contributed by atoms with Gasteiger partial charge in [-0.25, -0.2) is 19.6 Å². The molecule has 0 saturated carbocycles. The third-order valence-electron chi connectivity index (χ3n) is 12.7. The van der Waals surface area contributed by atoms with Crippen LogP contribution in [0.4, 0.5) is 9.59 Å². The van der Waals surface area contributed by atoms with E-state index in [1.165, 1.54) is 14.2 Å². The van der Waals surface area contributed by atoms with E-state index in [0.29, 0.717) is 50.5 Å². The first-order valence-electron chi connectivity index (χ1n) is 21.8. The van der Waals surface area contributed by atoms with Crippen molar-refractivity contribution < 1.29 is 33.4 Å². The molecule has 0 unspecified atom stereocenters. The maximum Gasteiger partial charge on any atom is 0.407 e. The van der Waals surface area contributed by atoms with Gasteiger partial charge in [-0.05, 0) is 84.5 Å². The molecule has 0 radical (unpaired) electrons. The summed E-state index contributed by atoms with van der Waals surface area (Å²) in [5, 5.41) is 7.66. The van der Waals surface area contributed by atoms with Crippen LogP contribution in [-0.2, 0) is 23.8 Å².